The van der Waals surface area contributed by atoms with E-state index in [2.05, 4.69) is 14.7 Å². The van der Waals surface area contributed by atoms with Crippen LogP contribution in [-0.4, -0.2) is 46.0 Å². The second-order valence-electron chi connectivity index (χ2n) is 11.8. The Bertz CT molecular complexity index is 1220. The summed E-state index contributed by atoms with van der Waals surface area (Å²) in [6, 6.07) is 6.50. The van der Waals surface area contributed by atoms with Crippen molar-refractivity contribution in [2.45, 2.75) is 63.9 Å². The van der Waals surface area contributed by atoms with Crippen molar-refractivity contribution in [3.63, 3.8) is 0 Å². The van der Waals surface area contributed by atoms with Gasteiger partial charge < -0.3 is 9.64 Å². The molecular weight excluding hydrogens is 473 g/mol. The van der Waals surface area contributed by atoms with Gasteiger partial charge in [-0.1, -0.05) is 0 Å². The number of ether oxygens (including phenoxy) is 1. The van der Waals surface area contributed by atoms with Crippen LogP contribution in [0.15, 0.2) is 35.8 Å². The lowest BCUT2D eigenvalue weighted by molar-refractivity contribution is -0.159. The van der Waals surface area contributed by atoms with Crippen molar-refractivity contribution >= 4 is 22.2 Å². The van der Waals surface area contributed by atoms with Crippen LogP contribution in [0, 0.1) is 29.0 Å². The summed E-state index contributed by atoms with van der Waals surface area (Å²) < 4.78 is 21.5. The fourth-order valence-corrected chi connectivity index (χ4v) is 8.94. The van der Waals surface area contributed by atoms with Crippen molar-refractivity contribution in [1.29, 1.82) is 0 Å². The number of carbonyl (C=O) groups excluding carboxylic acids is 1. The maximum atomic E-state index is 14.2. The van der Waals surface area contributed by atoms with E-state index in [9.17, 15) is 9.18 Å². The molecule has 5 nitrogen and oxygen atoms in total. The Labute approximate surface area is 215 Å². The van der Waals surface area contributed by atoms with E-state index >= 15 is 0 Å². The molecular formula is C29H34FN3O2S. The summed E-state index contributed by atoms with van der Waals surface area (Å²) >= 11 is 1.62. The first kappa shape index (κ1) is 22.9. The smallest absolute Gasteiger partial charge is 0.228 e. The maximum Gasteiger partial charge on any atom is 0.228 e. The van der Waals surface area contributed by atoms with Crippen LogP contribution >= 0.6 is 11.3 Å². The van der Waals surface area contributed by atoms with E-state index in [0.717, 1.165) is 92.2 Å². The summed E-state index contributed by atoms with van der Waals surface area (Å²) in [5, 5.41) is 2.16. The first-order valence-corrected chi connectivity index (χ1v) is 14.5. The van der Waals surface area contributed by atoms with E-state index in [1.54, 1.807) is 23.5 Å². The van der Waals surface area contributed by atoms with Gasteiger partial charge in [0.05, 0.1) is 17.2 Å². The Kier molecular flexibility index (Phi) is 5.69. The van der Waals surface area contributed by atoms with Gasteiger partial charge in [-0.2, -0.15) is 0 Å². The molecule has 0 spiro atoms. The summed E-state index contributed by atoms with van der Waals surface area (Å²) in [7, 11) is 0. The molecule has 7 heteroatoms. The van der Waals surface area contributed by atoms with Gasteiger partial charge in [0.25, 0.3) is 0 Å². The number of fused-ring (bicyclic) bond motifs is 1. The largest absolute Gasteiger partial charge is 0.376 e. The van der Waals surface area contributed by atoms with Crippen LogP contribution in [0.25, 0.3) is 16.2 Å². The highest BCUT2D eigenvalue weighted by molar-refractivity contribution is 7.15. The normalized spacial score (nSPS) is 30.9. The summed E-state index contributed by atoms with van der Waals surface area (Å²) in [5.74, 6) is 2.45. The third-order valence-corrected chi connectivity index (χ3v) is 10.2. The highest BCUT2D eigenvalue weighted by atomic mass is 32.1. The minimum Gasteiger partial charge on any atom is -0.376 e. The van der Waals surface area contributed by atoms with Crippen LogP contribution in [0.5, 0.6) is 0 Å². The molecule has 5 aliphatic rings. The van der Waals surface area contributed by atoms with E-state index in [-0.39, 0.29) is 17.3 Å². The van der Waals surface area contributed by atoms with Crippen LogP contribution in [0.4, 0.5) is 4.39 Å². The lowest BCUT2D eigenvalue weighted by Gasteiger charge is -2.56. The number of amides is 1. The minimum atomic E-state index is -0.240. The molecule has 3 heterocycles. The van der Waals surface area contributed by atoms with Crippen molar-refractivity contribution in [3.05, 3.63) is 47.4 Å². The predicted molar refractivity (Wildman–Crippen MR) is 138 cm³/mol. The molecule has 1 saturated heterocycles. The summed E-state index contributed by atoms with van der Waals surface area (Å²) in [5.41, 5.74) is 2.81. The zero-order valence-electron chi connectivity index (χ0n) is 20.7. The van der Waals surface area contributed by atoms with Gasteiger partial charge in [-0.15, -0.1) is 11.3 Å². The number of halogens is 1. The number of aromatic nitrogens is 2. The molecule has 1 amide bonds. The second-order valence-corrected chi connectivity index (χ2v) is 12.7. The molecule has 0 N–H and O–H groups in total. The Hall–Kier alpha value is -2.25. The highest BCUT2D eigenvalue weighted by Gasteiger charge is 2.55. The molecule has 4 bridgehead atoms. The van der Waals surface area contributed by atoms with Gasteiger partial charge in [0.15, 0.2) is 4.96 Å². The van der Waals surface area contributed by atoms with E-state index in [1.807, 2.05) is 6.20 Å². The van der Waals surface area contributed by atoms with Crippen LogP contribution in [0.3, 0.4) is 0 Å². The van der Waals surface area contributed by atoms with E-state index in [1.165, 1.54) is 37.1 Å². The van der Waals surface area contributed by atoms with E-state index in [4.69, 9.17) is 9.72 Å². The quantitative estimate of drug-likeness (QED) is 0.396. The molecule has 3 aromatic rings. The topological polar surface area (TPSA) is 46.8 Å². The first-order chi connectivity index (χ1) is 17.5. The maximum absolute atomic E-state index is 14.2. The van der Waals surface area contributed by atoms with Crippen molar-refractivity contribution in [1.82, 2.24) is 14.3 Å². The zero-order chi connectivity index (χ0) is 24.3. The SMILES string of the molecule is O=C(N(CCc1csc2nc(-c3ccc(F)cc3)cn12)CC1CCCO1)C12CC3CC(CC(C3)C1)C2. The second kappa shape index (κ2) is 8.95. The Morgan fingerprint density at radius 1 is 1.14 bits per heavy atom. The summed E-state index contributed by atoms with van der Waals surface area (Å²) in [4.78, 5) is 22.1. The number of carbonyl (C=O) groups is 1. The third-order valence-electron chi connectivity index (χ3n) is 9.29. The molecule has 190 valence electrons. The lowest BCUT2D eigenvalue weighted by atomic mass is 9.49. The summed E-state index contributed by atoms with van der Waals surface area (Å²) in [6.07, 6.45) is 12.5. The lowest BCUT2D eigenvalue weighted by Crippen LogP contribution is -2.55. The average molecular weight is 508 g/mol. The van der Waals surface area contributed by atoms with Crippen LogP contribution in [-0.2, 0) is 16.0 Å². The summed E-state index contributed by atoms with van der Waals surface area (Å²) in [6.45, 7) is 2.26. The Balaban J connectivity index is 1.12. The van der Waals surface area contributed by atoms with Gasteiger partial charge >= 0.3 is 0 Å². The first-order valence-electron chi connectivity index (χ1n) is 13.7. The van der Waals surface area contributed by atoms with Gasteiger partial charge in [0.2, 0.25) is 5.91 Å². The fraction of sp³-hybridized carbons (Fsp3) is 0.586. The number of imidazole rings is 1. The molecule has 5 fully saturated rings. The highest BCUT2D eigenvalue weighted by Crippen LogP contribution is 2.60. The Morgan fingerprint density at radius 3 is 2.53 bits per heavy atom. The molecule has 0 radical (unpaired) electrons. The number of benzene rings is 1. The molecule has 4 saturated carbocycles. The van der Waals surface area contributed by atoms with Crippen molar-refractivity contribution in [2.75, 3.05) is 19.7 Å². The van der Waals surface area contributed by atoms with Crippen molar-refractivity contribution in [2.24, 2.45) is 23.2 Å². The third kappa shape index (κ3) is 4.08. The predicted octanol–water partition coefficient (Wildman–Crippen LogP) is 5.97. The number of hydrogen-bond donors (Lipinski definition) is 0. The molecule has 36 heavy (non-hydrogen) atoms. The molecule has 4 aliphatic carbocycles. The van der Waals surface area contributed by atoms with Crippen LogP contribution in [0.1, 0.15) is 57.1 Å². The number of thiazole rings is 1. The molecule has 1 atom stereocenters. The van der Waals surface area contributed by atoms with E-state index < -0.39 is 0 Å². The standard InChI is InChI=1S/C29H34FN3O2S/c30-23-5-3-22(4-6-23)26-17-33-24(18-36-28(33)31-26)7-8-32(16-25-2-1-9-35-25)27(34)29-13-19-10-20(14-29)12-21(11-19)15-29/h3-6,17-21,25H,1-2,7-16H2. The molecule has 8 rings (SSSR count). The molecule has 1 unspecified atom stereocenters. The van der Waals surface area contributed by atoms with Gasteiger partial charge in [0, 0.05) is 49.0 Å². The van der Waals surface area contributed by atoms with E-state index in [0.29, 0.717) is 5.91 Å². The molecule has 1 aliphatic heterocycles. The number of hydrogen-bond acceptors (Lipinski definition) is 4. The van der Waals surface area contributed by atoms with Gasteiger partial charge in [-0.3, -0.25) is 9.20 Å². The van der Waals surface area contributed by atoms with Crippen LogP contribution in [0.2, 0.25) is 0 Å². The minimum absolute atomic E-state index is 0.123. The molecule has 1 aromatic carbocycles. The van der Waals surface area contributed by atoms with Crippen LogP contribution < -0.4 is 0 Å². The average Bonchev–Trinajstić information content (AvgIpc) is 3.59. The molecule has 2 aromatic heterocycles. The van der Waals surface area contributed by atoms with Crippen molar-refractivity contribution < 1.29 is 13.9 Å². The monoisotopic (exact) mass is 507 g/mol. The van der Waals surface area contributed by atoms with Gasteiger partial charge in [-0.05, 0) is 93.4 Å². The van der Waals surface area contributed by atoms with Crippen molar-refractivity contribution in [3.8, 4) is 11.3 Å². The Morgan fingerprint density at radius 2 is 1.86 bits per heavy atom. The van der Waals surface area contributed by atoms with Gasteiger partial charge in [0.1, 0.15) is 5.82 Å². The number of rotatable bonds is 7. The number of nitrogens with zero attached hydrogens (tertiary/aromatic N) is 3. The zero-order valence-corrected chi connectivity index (χ0v) is 21.5. The van der Waals surface area contributed by atoms with Gasteiger partial charge in [-0.25, -0.2) is 9.37 Å². The fourth-order valence-electron chi connectivity index (χ4n) is 8.04.